The van der Waals surface area contributed by atoms with Crippen LogP contribution in [0.2, 0.25) is 0 Å². The van der Waals surface area contributed by atoms with Crippen molar-refractivity contribution >= 4 is 12.4 Å². The van der Waals surface area contributed by atoms with Gasteiger partial charge in [-0.15, -0.1) is 12.4 Å². The molecule has 35 heavy (non-hydrogen) atoms. The molecule has 5 nitrogen and oxygen atoms in total. The lowest BCUT2D eigenvalue weighted by molar-refractivity contribution is 0.199. The molecular weight excluding hydrogens is 458 g/mol. The van der Waals surface area contributed by atoms with E-state index in [-0.39, 0.29) is 18.3 Å². The Morgan fingerprint density at radius 2 is 1.74 bits per heavy atom. The Morgan fingerprint density at radius 1 is 1.06 bits per heavy atom. The lowest BCUT2D eigenvalue weighted by atomic mass is 9.69. The standard InChI is InChI=1S/C29H41N3O2.ClH/c1-23(2)29(22-30,25-11-12-27(33-3)28(21-25)34-4)16-8-17-31-26-14-19-32(20-15-26)18-13-24-9-6-5-7-10-24;/h5-7,9-12,21,23,26,31H,8,13-20H2,1-4H3;1H. The van der Waals surface area contributed by atoms with Crippen LogP contribution in [0.1, 0.15) is 50.7 Å². The summed E-state index contributed by atoms with van der Waals surface area (Å²) in [6, 6.07) is 19.9. The summed E-state index contributed by atoms with van der Waals surface area (Å²) in [5.41, 5.74) is 1.89. The van der Waals surface area contributed by atoms with Gasteiger partial charge in [0.2, 0.25) is 0 Å². The molecule has 1 aliphatic rings. The molecule has 1 heterocycles. The van der Waals surface area contributed by atoms with E-state index in [1.165, 1.54) is 18.4 Å². The van der Waals surface area contributed by atoms with Crippen LogP contribution in [0.4, 0.5) is 0 Å². The molecule has 192 valence electrons. The number of nitriles is 1. The fraction of sp³-hybridized carbons (Fsp3) is 0.552. The molecule has 2 aromatic carbocycles. The number of hydrogen-bond acceptors (Lipinski definition) is 5. The number of hydrogen-bond donors (Lipinski definition) is 1. The Balaban J connectivity index is 0.00000432. The number of nitrogens with one attached hydrogen (secondary N) is 1. The van der Waals surface area contributed by atoms with E-state index >= 15 is 0 Å². The Hall–Kier alpha value is -2.26. The second kappa shape index (κ2) is 14.3. The summed E-state index contributed by atoms with van der Waals surface area (Å²) in [5, 5.41) is 14.0. The number of benzene rings is 2. The van der Waals surface area contributed by atoms with Gasteiger partial charge in [0.25, 0.3) is 0 Å². The minimum atomic E-state index is -0.540. The number of rotatable bonds is 12. The average molecular weight is 500 g/mol. The van der Waals surface area contributed by atoms with E-state index in [0.717, 1.165) is 51.0 Å². The van der Waals surface area contributed by atoms with Crippen LogP contribution in [0.3, 0.4) is 0 Å². The molecule has 0 spiro atoms. The second-order valence-corrected chi connectivity index (χ2v) is 9.72. The maximum atomic E-state index is 10.3. The van der Waals surface area contributed by atoms with Gasteiger partial charge in [0.05, 0.1) is 25.7 Å². The highest BCUT2D eigenvalue weighted by Gasteiger charge is 2.36. The van der Waals surface area contributed by atoms with Crippen molar-refractivity contribution in [3.05, 3.63) is 59.7 Å². The van der Waals surface area contributed by atoms with Crippen molar-refractivity contribution in [3.63, 3.8) is 0 Å². The van der Waals surface area contributed by atoms with Gasteiger partial charge >= 0.3 is 0 Å². The first kappa shape index (κ1) is 29.0. The number of ether oxygens (including phenoxy) is 2. The Kier molecular flexibility index (Phi) is 11.9. The van der Waals surface area contributed by atoms with Gasteiger partial charge in [-0.25, -0.2) is 0 Å². The van der Waals surface area contributed by atoms with E-state index in [1.54, 1.807) is 14.2 Å². The number of halogens is 1. The predicted molar refractivity (Wildman–Crippen MR) is 146 cm³/mol. The van der Waals surface area contributed by atoms with E-state index in [0.29, 0.717) is 17.5 Å². The van der Waals surface area contributed by atoms with Crippen LogP contribution in [0.5, 0.6) is 11.5 Å². The van der Waals surface area contributed by atoms with Gasteiger partial charge in [-0.05, 0) is 80.9 Å². The predicted octanol–water partition coefficient (Wildman–Crippen LogP) is 5.62. The molecule has 0 aliphatic carbocycles. The van der Waals surface area contributed by atoms with Gasteiger partial charge < -0.3 is 19.7 Å². The molecule has 0 aromatic heterocycles. The molecule has 0 radical (unpaired) electrons. The maximum absolute atomic E-state index is 10.3. The second-order valence-electron chi connectivity index (χ2n) is 9.72. The van der Waals surface area contributed by atoms with Crippen LogP contribution in [-0.2, 0) is 11.8 Å². The highest BCUT2D eigenvalue weighted by Crippen LogP contribution is 2.40. The molecule has 1 aliphatic heterocycles. The fourth-order valence-corrected chi connectivity index (χ4v) is 5.10. The number of piperidine rings is 1. The van der Waals surface area contributed by atoms with Gasteiger partial charge in [0, 0.05) is 12.6 Å². The Morgan fingerprint density at radius 3 is 2.34 bits per heavy atom. The van der Waals surface area contributed by atoms with Crippen LogP contribution in [0.25, 0.3) is 0 Å². The van der Waals surface area contributed by atoms with Crippen LogP contribution >= 0.6 is 12.4 Å². The lowest BCUT2D eigenvalue weighted by Gasteiger charge is -2.34. The molecule has 1 unspecified atom stereocenters. The van der Waals surface area contributed by atoms with Crippen LogP contribution in [0.15, 0.2) is 48.5 Å². The zero-order valence-electron chi connectivity index (χ0n) is 21.8. The normalized spacial score (nSPS) is 16.2. The summed E-state index contributed by atoms with van der Waals surface area (Å²) >= 11 is 0. The molecule has 1 N–H and O–H groups in total. The van der Waals surface area contributed by atoms with Gasteiger partial charge in [-0.3, -0.25) is 0 Å². The first-order valence-corrected chi connectivity index (χ1v) is 12.7. The van der Waals surface area contributed by atoms with E-state index < -0.39 is 5.41 Å². The molecule has 3 rings (SSSR count). The van der Waals surface area contributed by atoms with Crippen molar-refractivity contribution in [3.8, 4) is 17.6 Å². The third-order valence-corrected chi connectivity index (χ3v) is 7.41. The van der Waals surface area contributed by atoms with E-state index in [4.69, 9.17) is 9.47 Å². The molecule has 0 saturated carbocycles. The van der Waals surface area contributed by atoms with Gasteiger partial charge in [0.15, 0.2) is 11.5 Å². The van der Waals surface area contributed by atoms with Crippen LogP contribution < -0.4 is 14.8 Å². The van der Waals surface area contributed by atoms with Crippen molar-refractivity contribution < 1.29 is 9.47 Å². The number of methoxy groups -OCH3 is 2. The summed E-state index contributed by atoms with van der Waals surface area (Å²) in [7, 11) is 3.28. The van der Waals surface area contributed by atoms with Gasteiger partial charge in [-0.1, -0.05) is 50.2 Å². The van der Waals surface area contributed by atoms with E-state index in [2.05, 4.69) is 60.5 Å². The molecule has 1 atom stereocenters. The third-order valence-electron chi connectivity index (χ3n) is 7.41. The molecule has 1 saturated heterocycles. The van der Waals surface area contributed by atoms with Crippen LogP contribution in [-0.4, -0.2) is 51.3 Å². The first-order chi connectivity index (χ1) is 16.5. The van der Waals surface area contributed by atoms with Crippen LogP contribution in [0, 0.1) is 17.2 Å². The Labute approximate surface area is 218 Å². The summed E-state index contributed by atoms with van der Waals surface area (Å²) in [4.78, 5) is 2.59. The lowest BCUT2D eigenvalue weighted by Crippen LogP contribution is -2.43. The van der Waals surface area contributed by atoms with Crippen molar-refractivity contribution in [2.24, 2.45) is 5.92 Å². The van der Waals surface area contributed by atoms with Crippen molar-refractivity contribution in [2.75, 3.05) is 40.4 Å². The molecule has 1 fully saturated rings. The van der Waals surface area contributed by atoms with E-state index in [9.17, 15) is 5.26 Å². The summed E-state index contributed by atoms with van der Waals surface area (Å²) in [5.74, 6) is 1.57. The molecule has 0 bridgehead atoms. The highest BCUT2D eigenvalue weighted by molar-refractivity contribution is 5.85. The van der Waals surface area contributed by atoms with Gasteiger partial charge in [0.1, 0.15) is 0 Å². The van der Waals surface area contributed by atoms with Crippen molar-refractivity contribution in [1.29, 1.82) is 5.26 Å². The average Bonchev–Trinajstić information content (AvgIpc) is 2.88. The third kappa shape index (κ3) is 7.61. The fourth-order valence-electron chi connectivity index (χ4n) is 5.10. The van der Waals surface area contributed by atoms with Crippen molar-refractivity contribution in [2.45, 2.75) is 57.4 Å². The quantitative estimate of drug-likeness (QED) is 0.384. The zero-order chi connectivity index (χ0) is 24.4. The molecule has 2 aromatic rings. The summed E-state index contributed by atoms with van der Waals surface area (Å²) in [6.45, 7) is 8.67. The molecular formula is C29H42ClN3O2. The topological polar surface area (TPSA) is 57.5 Å². The SMILES string of the molecule is COc1ccc(C(C#N)(CCCNC2CCN(CCc3ccccc3)CC2)C(C)C)cc1OC.Cl. The van der Waals surface area contributed by atoms with E-state index in [1.807, 2.05) is 18.2 Å². The van der Waals surface area contributed by atoms with Gasteiger partial charge in [-0.2, -0.15) is 5.26 Å². The molecule has 0 amide bonds. The maximum Gasteiger partial charge on any atom is 0.161 e. The first-order valence-electron chi connectivity index (χ1n) is 12.7. The molecule has 6 heteroatoms. The zero-order valence-corrected chi connectivity index (χ0v) is 22.6. The minimum Gasteiger partial charge on any atom is -0.493 e. The summed E-state index contributed by atoms with van der Waals surface area (Å²) < 4.78 is 10.9. The number of likely N-dealkylation sites (tertiary alicyclic amines) is 1. The Bertz CT molecular complexity index is 923. The van der Waals surface area contributed by atoms with Crippen molar-refractivity contribution in [1.82, 2.24) is 10.2 Å². The summed E-state index contributed by atoms with van der Waals surface area (Å²) in [6.07, 6.45) is 5.30. The monoisotopic (exact) mass is 499 g/mol. The largest absolute Gasteiger partial charge is 0.493 e. The smallest absolute Gasteiger partial charge is 0.161 e. The minimum absolute atomic E-state index is 0. The number of nitrogens with zero attached hydrogens (tertiary/aromatic N) is 2. The highest BCUT2D eigenvalue weighted by atomic mass is 35.5.